The molecule has 0 spiro atoms. The summed E-state index contributed by atoms with van der Waals surface area (Å²) in [5.41, 5.74) is 2.65. The molecule has 3 aromatic rings. The number of benzene rings is 1. The van der Waals surface area contributed by atoms with Gasteiger partial charge < -0.3 is 20.2 Å². The number of hydrogen-bond donors (Lipinski definition) is 2. The van der Waals surface area contributed by atoms with Gasteiger partial charge in [0.25, 0.3) is 0 Å². The molecule has 0 unspecified atom stereocenters. The van der Waals surface area contributed by atoms with Crippen LogP contribution in [0.1, 0.15) is 56.7 Å². The van der Waals surface area contributed by atoms with E-state index in [0.717, 1.165) is 77.2 Å². The number of thiophene rings is 1. The first-order valence-corrected chi connectivity index (χ1v) is 15.0. The van der Waals surface area contributed by atoms with E-state index in [-0.39, 0.29) is 6.04 Å². The van der Waals surface area contributed by atoms with Crippen LogP contribution >= 0.6 is 22.9 Å². The monoisotopic (exact) mass is 553 g/mol. The molecule has 2 saturated heterocycles. The minimum Gasteiger partial charge on any atom is -0.481 e. The molecular formula is C29H36ClN5O2S. The van der Waals surface area contributed by atoms with Gasteiger partial charge in [-0.05, 0) is 93.5 Å². The van der Waals surface area contributed by atoms with Crippen LogP contribution in [0.5, 0.6) is 0 Å². The van der Waals surface area contributed by atoms with E-state index in [4.69, 9.17) is 21.6 Å². The van der Waals surface area contributed by atoms with E-state index >= 15 is 0 Å². The Morgan fingerprint density at radius 2 is 2.00 bits per heavy atom. The molecule has 7 nitrogen and oxygen atoms in total. The first kappa shape index (κ1) is 25.8. The molecule has 3 aliphatic rings. The number of aliphatic carboxylic acids is 1. The van der Waals surface area contributed by atoms with E-state index < -0.39 is 11.4 Å². The van der Waals surface area contributed by atoms with Gasteiger partial charge in [-0.1, -0.05) is 23.7 Å². The lowest BCUT2D eigenvalue weighted by atomic mass is 9.65. The lowest BCUT2D eigenvalue weighted by Crippen LogP contribution is -2.58. The SMILES string of the molecule is Cc1ccc([C@@H](C)Nc2nc(N3CC([C@H]4CCCN(C5CC(C)(C(=O)O)C5)C4)C3)nc3ccsc23)c(Cl)c1. The van der Waals surface area contributed by atoms with Crippen molar-refractivity contribution in [3.63, 3.8) is 0 Å². The summed E-state index contributed by atoms with van der Waals surface area (Å²) in [6.45, 7) is 10.2. The van der Waals surface area contributed by atoms with Gasteiger partial charge in [-0.15, -0.1) is 11.3 Å². The van der Waals surface area contributed by atoms with Crippen molar-refractivity contribution in [2.45, 2.75) is 58.5 Å². The molecule has 3 fully saturated rings. The molecule has 2 aliphatic heterocycles. The number of rotatable bonds is 7. The Hall–Kier alpha value is -2.42. The predicted molar refractivity (Wildman–Crippen MR) is 154 cm³/mol. The molecule has 1 aliphatic carbocycles. The Labute approximate surface area is 233 Å². The van der Waals surface area contributed by atoms with Crippen LogP contribution in [-0.2, 0) is 4.79 Å². The Bertz CT molecular complexity index is 1350. The third kappa shape index (κ3) is 4.75. The predicted octanol–water partition coefficient (Wildman–Crippen LogP) is 6.23. The van der Waals surface area contributed by atoms with E-state index in [1.165, 1.54) is 12.8 Å². The van der Waals surface area contributed by atoms with Crippen molar-refractivity contribution in [1.82, 2.24) is 14.9 Å². The maximum atomic E-state index is 11.5. The van der Waals surface area contributed by atoms with Crippen LogP contribution in [0.2, 0.25) is 5.02 Å². The van der Waals surface area contributed by atoms with Crippen molar-refractivity contribution in [1.29, 1.82) is 0 Å². The Morgan fingerprint density at radius 1 is 1.21 bits per heavy atom. The second-order valence-electron chi connectivity index (χ2n) is 11.9. The first-order valence-electron chi connectivity index (χ1n) is 13.7. The fraction of sp³-hybridized carbons (Fsp3) is 0.552. The normalized spacial score (nSPS) is 27.1. The van der Waals surface area contributed by atoms with Gasteiger partial charge in [-0.3, -0.25) is 4.79 Å². The number of halogens is 1. The molecule has 0 amide bonds. The van der Waals surface area contributed by atoms with Gasteiger partial charge in [0.1, 0.15) is 5.82 Å². The average molecular weight is 554 g/mol. The topological polar surface area (TPSA) is 81.6 Å². The fourth-order valence-corrected chi connectivity index (χ4v) is 7.68. The van der Waals surface area contributed by atoms with E-state index in [0.29, 0.717) is 17.9 Å². The van der Waals surface area contributed by atoms with Crippen molar-refractivity contribution >= 4 is 50.9 Å². The van der Waals surface area contributed by atoms with Gasteiger partial charge in [0.2, 0.25) is 5.95 Å². The molecule has 2 N–H and O–H groups in total. The molecule has 4 heterocycles. The van der Waals surface area contributed by atoms with Gasteiger partial charge >= 0.3 is 5.97 Å². The highest BCUT2D eigenvalue weighted by molar-refractivity contribution is 7.17. The second-order valence-corrected chi connectivity index (χ2v) is 13.2. The van der Waals surface area contributed by atoms with E-state index in [2.05, 4.69) is 45.6 Å². The zero-order chi connectivity index (χ0) is 26.6. The number of nitrogens with one attached hydrogen (secondary N) is 1. The molecule has 1 aromatic carbocycles. The highest BCUT2D eigenvalue weighted by Crippen LogP contribution is 2.45. The number of aromatic nitrogens is 2. The maximum Gasteiger partial charge on any atom is 0.309 e. The smallest absolute Gasteiger partial charge is 0.309 e. The fourth-order valence-electron chi connectivity index (χ4n) is 6.50. The van der Waals surface area contributed by atoms with Crippen LogP contribution in [0, 0.1) is 24.2 Å². The first-order chi connectivity index (χ1) is 18.2. The molecule has 38 heavy (non-hydrogen) atoms. The number of anilines is 2. The summed E-state index contributed by atoms with van der Waals surface area (Å²) < 4.78 is 1.07. The highest BCUT2D eigenvalue weighted by Gasteiger charge is 2.49. The van der Waals surface area contributed by atoms with Gasteiger partial charge in [-0.2, -0.15) is 4.98 Å². The number of carboxylic acid groups (broad SMARTS) is 1. The summed E-state index contributed by atoms with van der Waals surface area (Å²) in [6, 6.07) is 8.69. The van der Waals surface area contributed by atoms with Crippen molar-refractivity contribution in [3.8, 4) is 0 Å². The van der Waals surface area contributed by atoms with Gasteiger partial charge in [-0.25, -0.2) is 4.98 Å². The zero-order valence-corrected chi connectivity index (χ0v) is 23.9. The number of aryl methyl sites for hydroxylation is 1. The Morgan fingerprint density at radius 3 is 2.74 bits per heavy atom. The molecule has 6 rings (SSSR count). The molecule has 0 bridgehead atoms. The molecule has 2 aromatic heterocycles. The second kappa shape index (κ2) is 9.96. The minimum atomic E-state index is -0.648. The lowest BCUT2D eigenvalue weighted by molar-refractivity contribution is -0.158. The van der Waals surface area contributed by atoms with E-state index in [1.54, 1.807) is 11.3 Å². The summed E-state index contributed by atoms with van der Waals surface area (Å²) in [5.74, 6) is 2.29. The molecule has 2 atom stereocenters. The third-order valence-corrected chi connectivity index (χ3v) is 10.3. The average Bonchev–Trinajstić information content (AvgIpc) is 3.30. The van der Waals surface area contributed by atoms with E-state index in [9.17, 15) is 9.90 Å². The number of carboxylic acids is 1. The van der Waals surface area contributed by atoms with Crippen molar-refractivity contribution < 1.29 is 9.90 Å². The molecule has 1 saturated carbocycles. The molecular weight excluding hydrogens is 518 g/mol. The molecule has 9 heteroatoms. The zero-order valence-electron chi connectivity index (χ0n) is 22.3. The summed E-state index contributed by atoms with van der Waals surface area (Å²) >= 11 is 8.21. The summed E-state index contributed by atoms with van der Waals surface area (Å²) in [7, 11) is 0. The van der Waals surface area contributed by atoms with Crippen molar-refractivity contribution in [2.75, 3.05) is 36.4 Å². The number of carbonyl (C=O) groups is 1. The van der Waals surface area contributed by atoms with Crippen LogP contribution < -0.4 is 10.2 Å². The summed E-state index contributed by atoms with van der Waals surface area (Å²) in [4.78, 5) is 26.3. The quantitative estimate of drug-likeness (QED) is 0.359. The third-order valence-electron chi connectivity index (χ3n) is 9.02. The summed E-state index contributed by atoms with van der Waals surface area (Å²) in [6.07, 6.45) is 4.01. The number of likely N-dealkylation sites (tertiary alicyclic amines) is 1. The van der Waals surface area contributed by atoms with Gasteiger partial charge in [0, 0.05) is 30.7 Å². The van der Waals surface area contributed by atoms with Crippen LogP contribution in [0.3, 0.4) is 0 Å². The highest BCUT2D eigenvalue weighted by atomic mass is 35.5. The van der Waals surface area contributed by atoms with Gasteiger partial charge in [0.05, 0.1) is 21.7 Å². The van der Waals surface area contributed by atoms with Crippen LogP contribution in [0.25, 0.3) is 10.2 Å². The van der Waals surface area contributed by atoms with Crippen LogP contribution in [0.15, 0.2) is 29.6 Å². The van der Waals surface area contributed by atoms with Crippen LogP contribution in [-0.4, -0.2) is 58.2 Å². The number of hydrogen-bond acceptors (Lipinski definition) is 7. The Kier molecular flexibility index (Phi) is 6.77. The minimum absolute atomic E-state index is 0.0167. The molecule has 0 radical (unpaired) electrons. The van der Waals surface area contributed by atoms with Gasteiger partial charge in [0.15, 0.2) is 0 Å². The number of piperidine rings is 1. The lowest BCUT2D eigenvalue weighted by Gasteiger charge is -2.52. The standard InChI is InChI=1S/C29H36ClN5O2S/c1-17-6-7-22(23(30)11-17)18(2)31-26-25-24(8-10-38-25)32-28(33-26)35-15-20(16-35)19-5-4-9-34(14-19)21-12-29(3,13-21)27(36)37/h6-8,10-11,18-21H,4-5,9,12-16H2,1-3H3,(H,36,37)(H,31,32,33)/t18-,19+,21?,29?/m1/s1. The van der Waals surface area contributed by atoms with Crippen molar-refractivity contribution in [2.24, 2.45) is 17.3 Å². The van der Waals surface area contributed by atoms with Crippen molar-refractivity contribution in [3.05, 3.63) is 45.8 Å². The molecule has 202 valence electrons. The maximum absolute atomic E-state index is 11.5. The van der Waals surface area contributed by atoms with E-state index in [1.807, 2.05) is 19.9 Å². The number of fused-ring (bicyclic) bond motifs is 1. The number of nitrogens with zero attached hydrogens (tertiary/aromatic N) is 4. The summed E-state index contributed by atoms with van der Waals surface area (Å²) in [5, 5.41) is 15.9. The largest absolute Gasteiger partial charge is 0.481 e. The van der Waals surface area contributed by atoms with Crippen LogP contribution in [0.4, 0.5) is 11.8 Å². The Balaban J connectivity index is 1.11.